The SMILES string of the molecule is CNc1cccc(NCC(C)C)c1/C(N)=N\[SH](=O)=O. The van der Waals surface area contributed by atoms with Gasteiger partial charge in [-0.15, -0.1) is 4.40 Å². The summed E-state index contributed by atoms with van der Waals surface area (Å²) in [7, 11) is -1.16. The third kappa shape index (κ3) is 4.44. The lowest BCUT2D eigenvalue weighted by molar-refractivity contribution is 0.616. The van der Waals surface area contributed by atoms with Crippen LogP contribution in [-0.4, -0.2) is 27.8 Å². The Bertz CT molecular complexity index is 531. The second kappa shape index (κ2) is 6.98. The highest BCUT2D eigenvalue weighted by Gasteiger charge is 2.12. The van der Waals surface area contributed by atoms with E-state index >= 15 is 0 Å². The molecule has 19 heavy (non-hydrogen) atoms. The van der Waals surface area contributed by atoms with Crippen LogP contribution in [0.4, 0.5) is 11.4 Å². The van der Waals surface area contributed by atoms with E-state index in [0.717, 1.165) is 17.9 Å². The number of rotatable bonds is 6. The molecule has 0 spiro atoms. The first-order valence-corrected chi connectivity index (χ1v) is 7.12. The van der Waals surface area contributed by atoms with Crippen LogP contribution in [0.2, 0.25) is 0 Å². The second-order valence-corrected chi connectivity index (χ2v) is 5.15. The maximum atomic E-state index is 10.7. The Morgan fingerprint density at radius 3 is 2.53 bits per heavy atom. The lowest BCUT2D eigenvalue weighted by Gasteiger charge is -2.16. The molecule has 0 heterocycles. The zero-order valence-corrected chi connectivity index (χ0v) is 12.2. The quantitative estimate of drug-likeness (QED) is 0.355. The highest BCUT2D eigenvalue weighted by molar-refractivity contribution is 7.71. The van der Waals surface area contributed by atoms with Crippen LogP contribution in [0.3, 0.4) is 0 Å². The molecule has 0 aliphatic heterocycles. The van der Waals surface area contributed by atoms with Gasteiger partial charge in [-0.1, -0.05) is 19.9 Å². The zero-order chi connectivity index (χ0) is 14.4. The Morgan fingerprint density at radius 2 is 2.00 bits per heavy atom. The number of nitrogens with two attached hydrogens (primary N) is 1. The molecule has 0 atom stereocenters. The summed E-state index contributed by atoms with van der Waals surface area (Å²) in [6.45, 7) is 4.93. The molecule has 0 fully saturated rings. The maximum Gasteiger partial charge on any atom is 0.245 e. The summed E-state index contributed by atoms with van der Waals surface area (Å²) in [6, 6.07) is 5.53. The summed E-state index contributed by atoms with van der Waals surface area (Å²) in [6.07, 6.45) is 0. The Kier molecular flexibility index (Phi) is 5.62. The number of amidine groups is 1. The minimum absolute atomic E-state index is 0.0210. The van der Waals surface area contributed by atoms with E-state index in [4.69, 9.17) is 5.73 Å². The van der Waals surface area contributed by atoms with Gasteiger partial charge in [0.1, 0.15) is 5.84 Å². The largest absolute Gasteiger partial charge is 0.387 e. The van der Waals surface area contributed by atoms with Crippen LogP contribution in [-0.2, 0) is 10.9 Å². The molecule has 0 aliphatic carbocycles. The fourth-order valence-corrected chi connectivity index (χ4v) is 1.91. The predicted octanol–water partition coefficient (Wildman–Crippen LogP) is 1.03. The van der Waals surface area contributed by atoms with E-state index in [1.807, 2.05) is 18.2 Å². The summed E-state index contributed by atoms with van der Waals surface area (Å²) in [5.41, 5.74) is 7.83. The molecule has 1 rings (SSSR count). The molecule has 0 bridgehead atoms. The van der Waals surface area contributed by atoms with Crippen molar-refractivity contribution in [2.45, 2.75) is 13.8 Å². The standard InChI is InChI=1S/C12H20N4O2S/c1-8(2)7-15-10-6-4-5-9(14-3)11(10)12(13)16-19(17)18/h4-6,8,14-15,19H,7H2,1-3H3,(H2,13,16,17,18). The van der Waals surface area contributed by atoms with Crippen molar-refractivity contribution in [2.75, 3.05) is 24.2 Å². The molecular formula is C12H20N4O2S. The van der Waals surface area contributed by atoms with E-state index in [-0.39, 0.29) is 5.84 Å². The number of nitrogens with zero attached hydrogens (tertiary/aromatic N) is 1. The number of anilines is 2. The van der Waals surface area contributed by atoms with Gasteiger partial charge < -0.3 is 16.4 Å². The molecule has 0 radical (unpaired) electrons. The molecule has 1 aromatic rings. The number of benzene rings is 1. The van der Waals surface area contributed by atoms with E-state index < -0.39 is 10.9 Å². The summed E-state index contributed by atoms with van der Waals surface area (Å²) in [4.78, 5) is 0. The third-order valence-corrected chi connectivity index (χ3v) is 2.86. The van der Waals surface area contributed by atoms with Gasteiger partial charge in [-0.25, -0.2) is 8.42 Å². The van der Waals surface area contributed by atoms with E-state index in [0.29, 0.717) is 11.5 Å². The lowest BCUT2D eigenvalue weighted by atomic mass is 10.1. The van der Waals surface area contributed by atoms with E-state index in [1.165, 1.54) is 0 Å². The van der Waals surface area contributed by atoms with E-state index in [2.05, 4.69) is 28.9 Å². The summed E-state index contributed by atoms with van der Waals surface area (Å²) in [5.74, 6) is 0.438. The van der Waals surface area contributed by atoms with Crippen molar-refractivity contribution in [3.63, 3.8) is 0 Å². The Labute approximate surface area is 115 Å². The minimum atomic E-state index is -2.91. The number of hydrogen-bond donors (Lipinski definition) is 4. The topological polar surface area (TPSA) is 96.6 Å². The predicted molar refractivity (Wildman–Crippen MR) is 80.4 cm³/mol. The van der Waals surface area contributed by atoms with Crippen LogP contribution in [0.5, 0.6) is 0 Å². The van der Waals surface area contributed by atoms with Gasteiger partial charge in [-0.3, -0.25) is 0 Å². The van der Waals surface area contributed by atoms with Crippen molar-refractivity contribution in [3.8, 4) is 0 Å². The Hall–Kier alpha value is -1.76. The van der Waals surface area contributed by atoms with Gasteiger partial charge in [0.05, 0.1) is 5.56 Å². The third-order valence-electron chi connectivity index (χ3n) is 2.48. The summed E-state index contributed by atoms with van der Waals surface area (Å²) >= 11 is 0. The first-order chi connectivity index (χ1) is 8.95. The van der Waals surface area contributed by atoms with Crippen molar-refractivity contribution >= 4 is 28.1 Å². The van der Waals surface area contributed by atoms with Crippen LogP contribution in [0.25, 0.3) is 0 Å². The average molecular weight is 284 g/mol. The lowest BCUT2D eigenvalue weighted by Crippen LogP contribution is -2.19. The second-order valence-electron chi connectivity index (χ2n) is 4.48. The normalized spacial score (nSPS) is 11.9. The molecule has 1 aromatic carbocycles. The minimum Gasteiger partial charge on any atom is -0.387 e. The fraction of sp³-hybridized carbons (Fsp3) is 0.417. The van der Waals surface area contributed by atoms with Crippen molar-refractivity contribution in [1.82, 2.24) is 0 Å². The number of nitrogens with one attached hydrogen (secondary N) is 2. The van der Waals surface area contributed by atoms with Crippen LogP contribution in [0.1, 0.15) is 19.4 Å². The maximum absolute atomic E-state index is 10.7. The van der Waals surface area contributed by atoms with Gasteiger partial charge in [0.25, 0.3) is 0 Å². The molecule has 0 unspecified atom stereocenters. The van der Waals surface area contributed by atoms with Crippen LogP contribution < -0.4 is 16.4 Å². The molecule has 6 nitrogen and oxygen atoms in total. The zero-order valence-electron chi connectivity index (χ0n) is 11.3. The first kappa shape index (κ1) is 15.3. The molecule has 0 aromatic heterocycles. The molecule has 0 saturated carbocycles. The smallest absolute Gasteiger partial charge is 0.245 e. The van der Waals surface area contributed by atoms with Gasteiger partial charge in [0.2, 0.25) is 10.9 Å². The molecule has 0 saturated heterocycles. The van der Waals surface area contributed by atoms with Gasteiger partial charge in [-0.05, 0) is 18.1 Å². The first-order valence-electron chi connectivity index (χ1n) is 5.99. The monoisotopic (exact) mass is 284 g/mol. The Balaban J connectivity index is 3.23. The molecule has 7 heteroatoms. The Morgan fingerprint density at radius 1 is 1.37 bits per heavy atom. The van der Waals surface area contributed by atoms with Crippen molar-refractivity contribution in [3.05, 3.63) is 23.8 Å². The highest BCUT2D eigenvalue weighted by atomic mass is 32.2. The number of hydrogen-bond acceptors (Lipinski definition) is 4. The highest BCUT2D eigenvalue weighted by Crippen LogP contribution is 2.24. The summed E-state index contributed by atoms with van der Waals surface area (Å²) < 4.78 is 24.8. The van der Waals surface area contributed by atoms with Crippen LogP contribution in [0.15, 0.2) is 22.6 Å². The summed E-state index contributed by atoms with van der Waals surface area (Å²) in [5, 5.41) is 6.22. The van der Waals surface area contributed by atoms with E-state index in [1.54, 1.807) is 7.05 Å². The van der Waals surface area contributed by atoms with Crippen molar-refractivity contribution in [1.29, 1.82) is 0 Å². The average Bonchev–Trinajstić information content (AvgIpc) is 2.34. The molecule has 106 valence electrons. The van der Waals surface area contributed by atoms with E-state index in [9.17, 15) is 8.42 Å². The van der Waals surface area contributed by atoms with Crippen molar-refractivity contribution in [2.24, 2.45) is 16.0 Å². The van der Waals surface area contributed by atoms with Crippen LogP contribution in [0, 0.1) is 5.92 Å². The van der Waals surface area contributed by atoms with Gasteiger partial charge in [0, 0.05) is 25.0 Å². The molecule has 4 N–H and O–H groups in total. The fourth-order valence-electron chi connectivity index (χ4n) is 1.64. The molecular weight excluding hydrogens is 264 g/mol. The van der Waals surface area contributed by atoms with Crippen molar-refractivity contribution < 1.29 is 8.42 Å². The van der Waals surface area contributed by atoms with Crippen LogP contribution >= 0.6 is 0 Å². The molecule has 0 aliphatic rings. The molecule has 0 amide bonds. The van der Waals surface area contributed by atoms with Gasteiger partial charge in [0.15, 0.2) is 0 Å². The van der Waals surface area contributed by atoms with Gasteiger partial charge >= 0.3 is 0 Å². The van der Waals surface area contributed by atoms with Gasteiger partial charge in [-0.2, -0.15) is 0 Å². The number of thiol groups is 1.